The van der Waals surface area contributed by atoms with Gasteiger partial charge in [0.05, 0.1) is 15.8 Å². The normalized spacial score (nSPS) is 10.7. The van der Waals surface area contributed by atoms with Crippen LogP contribution >= 0.6 is 34.5 Å². The van der Waals surface area contributed by atoms with Crippen LogP contribution in [-0.4, -0.2) is 22.1 Å². The zero-order valence-corrected chi connectivity index (χ0v) is 15.6. The summed E-state index contributed by atoms with van der Waals surface area (Å²) in [7, 11) is 0. The lowest BCUT2D eigenvalue weighted by molar-refractivity contribution is 0.0955. The van der Waals surface area contributed by atoms with E-state index in [1.807, 2.05) is 12.1 Å². The SMILES string of the molecule is O=C(O)Nc1nccc2cc(CNC(=O)c3cc(Cl)c(CCl)s3)ccc12. The van der Waals surface area contributed by atoms with Crippen LogP contribution in [0.25, 0.3) is 10.8 Å². The van der Waals surface area contributed by atoms with Crippen molar-refractivity contribution in [3.8, 4) is 0 Å². The Morgan fingerprint density at radius 1 is 1.23 bits per heavy atom. The molecule has 0 spiro atoms. The van der Waals surface area contributed by atoms with Gasteiger partial charge in [0.2, 0.25) is 0 Å². The zero-order valence-electron chi connectivity index (χ0n) is 13.3. The summed E-state index contributed by atoms with van der Waals surface area (Å²) in [5, 5.41) is 16.0. The number of benzene rings is 1. The molecule has 0 aliphatic carbocycles. The lowest BCUT2D eigenvalue weighted by Gasteiger charge is -2.08. The number of amides is 2. The number of anilines is 1. The molecule has 3 N–H and O–H groups in total. The summed E-state index contributed by atoms with van der Waals surface area (Å²) in [6.45, 7) is 0.324. The van der Waals surface area contributed by atoms with Gasteiger partial charge in [-0.1, -0.05) is 23.7 Å². The number of rotatable bonds is 5. The Balaban J connectivity index is 1.74. The van der Waals surface area contributed by atoms with Crippen LogP contribution in [0.4, 0.5) is 10.6 Å². The van der Waals surface area contributed by atoms with Gasteiger partial charge in [-0.25, -0.2) is 9.78 Å². The van der Waals surface area contributed by atoms with E-state index in [1.54, 1.807) is 18.2 Å². The predicted octanol–water partition coefficient (Wildman–Crippen LogP) is 4.71. The van der Waals surface area contributed by atoms with Gasteiger partial charge < -0.3 is 10.4 Å². The number of alkyl halides is 1. The molecule has 2 amide bonds. The van der Waals surface area contributed by atoms with Crippen molar-refractivity contribution < 1.29 is 14.7 Å². The molecule has 0 unspecified atom stereocenters. The average Bonchev–Trinajstić information content (AvgIpc) is 3.00. The van der Waals surface area contributed by atoms with Gasteiger partial charge in [-0.05, 0) is 29.1 Å². The first-order chi connectivity index (χ1) is 12.5. The molecular formula is C17H13Cl2N3O3S. The summed E-state index contributed by atoms with van der Waals surface area (Å²) in [6, 6.07) is 8.83. The Morgan fingerprint density at radius 2 is 2.04 bits per heavy atom. The molecule has 134 valence electrons. The van der Waals surface area contributed by atoms with Gasteiger partial charge in [-0.15, -0.1) is 22.9 Å². The quantitative estimate of drug-likeness (QED) is 0.532. The minimum Gasteiger partial charge on any atom is -0.465 e. The number of carboxylic acid groups (broad SMARTS) is 1. The Hall–Kier alpha value is -2.35. The van der Waals surface area contributed by atoms with E-state index in [2.05, 4.69) is 15.6 Å². The van der Waals surface area contributed by atoms with Crippen molar-refractivity contribution in [3.63, 3.8) is 0 Å². The van der Waals surface area contributed by atoms with E-state index in [1.165, 1.54) is 17.5 Å². The van der Waals surface area contributed by atoms with E-state index in [4.69, 9.17) is 28.3 Å². The Labute approximate surface area is 162 Å². The summed E-state index contributed by atoms with van der Waals surface area (Å²) < 4.78 is 0. The number of nitrogens with zero attached hydrogens (tertiary/aromatic N) is 1. The molecule has 0 aliphatic heterocycles. The third-order valence-corrected chi connectivity index (χ3v) is 5.62. The molecule has 0 fully saturated rings. The maximum atomic E-state index is 12.3. The number of thiophene rings is 1. The number of nitrogens with one attached hydrogen (secondary N) is 2. The minimum absolute atomic E-state index is 0.226. The van der Waals surface area contributed by atoms with Crippen LogP contribution in [0.5, 0.6) is 0 Å². The van der Waals surface area contributed by atoms with Crippen molar-refractivity contribution in [3.05, 3.63) is 56.9 Å². The number of halogens is 2. The van der Waals surface area contributed by atoms with Gasteiger partial charge in [0.15, 0.2) is 0 Å². The van der Waals surface area contributed by atoms with Crippen LogP contribution < -0.4 is 10.6 Å². The highest BCUT2D eigenvalue weighted by molar-refractivity contribution is 7.14. The number of hydrogen-bond acceptors (Lipinski definition) is 4. The van der Waals surface area contributed by atoms with Gasteiger partial charge in [0, 0.05) is 23.0 Å². The van der Waals surface area contributed by atoms with Crippen molar-refractivity contribution in [1.82, 2.24) is 10.3 Å². The first-order valence-corrected chi connectivity index (χ1v) is 9.21. The van der Waals surface area contributed by atoms with Crippen molar-refractivity contribution in [1.29, 1.82) is 0 Å². The molecule has 2 aromatic heterocycles. The van der Waals surface area contributed by atoms with Crippen LogP contribution in [0.15, 0.2) is 36.5 Å². The average molecular weight is 410 g/mol. The van der Waals surface area contributed by atoms with Crippen molar-refractivity contribution in [2.45, 2.75) is 12.4 Å². The highest BCUT2D eigenvalue weighted by Gasteiger charge is 2.13. The largest absolute Gasteiger partial charge is 0.465 e. The number of carbonyl (C=O) groups excluding carboxylic acids is 1. The molecule has 9 heteroatoms. The van der Waals surface area contributed by atoms with Crippen LogP contribution in [0.2, 0.25) is 5.02 Å². The van der Waals surface area contributed by atoms with Crippen molar-refractivity contribution >= 4 is 63.1 Å². The molecule has 1 aromatic carbocycles. The second-order valence-electron chi connectivity index (χ2n) is 5.34. The third-order valence-electron chi connectivity index (χ3n) is 3.61. The minimum atomic E-state index is -1.17. The molecule has 26 heavy (non-hydrogen) atoms. The molecule has 3 rings (SSSR count). The number of pyridine rings is 1. The number of fused-ring (bicyclic) bond motifs is 1. The molecule has 0 atom stereocenters. The monoisotopic (exact) mass is 409 g/mol. The van der Waals surface area contributed by atoms with E-state index < -0.39 is 6.09 Å². The highest BCUT2D eigenvalue weighted by atomic mass is 35.5. The standard InChI is InChI=1S/C17H13Cl2N3O3S/c18-7-14-12(19)6-13(26-14)16(23)21-8-9-1-2-11-10(5-9)3-4-20-15(11)22-17(24)25/h1-6H,7-8H2,(H,20,22)(H,21,23)(H,24,25). The molecule has 6 nitrogen and oxygen atoms in total. The number of hydrogen-bond donors (Lipinski definition) is 3. The van der Waals surface area contributed by atoms with Gasteiger partial charge >= 0.3 is 6.09 Å². The molecule has 0 aliphatic rings. The van der Waals surface area contributed by atoms with Crippen LogP contribution in [0.1, 0.15) is 20.1 Å². The molecule has 2 heterocycles. The lowest BCUT2D eigenvalue weighted by atomic mass is 10.1. The van der Waals surface area contributed by atoms with Gasteiger partial charge in [-0.3, -0.25) is 10.1 Å². The topological polar surface area (TPSA) is 91.3 Å². The van der Waals surface area contributed by atoms with E-state index in [9.17, 15) is 9.59 Å². The molecule has 0 saturated heterocycles. The van der Waals surface area contributed by atoms with Crippen molar-refractivity contribution in [2.75, 3.05) is 5.32 Å². The molecule has 3 aromatic rings. The number of aromatic nitrogens is 1. The maximum Gasteiger partial charge on any atom is 0.410 e. The second kappa shape index (κ2) is 7.90. The zero-order chi connectivity index (χ0) is 18.7. The molecule has 0 saturated carbocycles. The second-order valence-corrected chi connectivity index (χ2v) is 7.15. The van der Waals surface area contributed by atoms with Crippen molar-refractivity contribution in [2.24, 2.45) is 0 Å². The Bertz CT molecular complexity index is 991. The first-order valence-electron chi connectivity index (χ1n) is 7.48. The summed E-state index contributed by atoms with van der Waals surface area (Å²) in [5.74, 6) is 0.311. The third kappa shape index (κ3) is 4.07. The highest BCUT2D eigenvalue weighted by Crippen LogP contribution is 2.28. The Kier molecular flexibility index (Phi) is 5.61. The van der Waals surface area contributed by atoms with Crippen LogP contribution in [0.3, 0.4) is 0 Å². The number of carbonyl (C=O) groups is 2. The fourth-order valence-corrected chi connectivity index (χ4v) is 3.97. The fraction of sp³-hybridized carbons (Fsp3) is 0.118. The molecule has 0 bridgehead atoms. The van der Waals surface area contributed by atoms with E-state index in [-0.39, 0.29) is 17.6 Å². The predicted molar refractivity (Wildman–Crippen MR) is 103 cm³/mol. The molecular weight excluding hydrogens is 397 g/mol. The molecule has 0 radical (unpaired) electrons. The van der Waals surface area contributed by atoms with Crippen LogP contribution in [-0.2, 0) is 12.4 Å². The van der Waals surface area contributed by atoms with E-state index in [0.717, 1.165) is 15.8 Å². The summed E-state index contributed by atoms with van der Waals surface area (Å²) in [5.41, 5.74) is 0.874. The van der Waals surface area contributed by atoms with Gasteiger partial charge in [0.1, 0.15) is 5.82 Å². The fourth-order valence-electron chi connectivity index (χ4n) is 2.42. The summed E-state index contributed by atoms with van der Waals surface area (Å²) in [4.78, 5) is 28.4. The van der Waals surface area contributed by atoms with E-state index >= 15 is 0 Å². The van der Waals surface area contributed by atoms with Crippen LogP contribution in [0, 0.1) is 0 Å². The van der Waals surface area contributed by atoms with E-state index in [0.29, 0.717) is 21.8 Å². The van der Waals surface area contributed by atoms with Gasteiger partial charge in [-0.2, -0.15) is 0 Å². The maximum absolute atomic E-state index is 12.3. The Morgan fingerprint density at radius 3 is 2.73 bits per heavy atom. The summed E-state index contributed by atoms with van der Waals surface area (Å²) in [6.07, 6.45) is 0.351. The lowest BCUT2D eigenvalue weighted by Crippen LogP contribution is -2.21. The smallest absolute Gasteiger partial charge is 0.410 e. The van der Waals surface area contributed by atoms with Gasteiger partial charge in [0.25, 0.3) is 5.91 Å². The first kappa shape index (κ1) is 18.4. The summed E-state index contributed by atoms with van der Waals surface area (Å²) >= 11 is 13.0.